The highest BCUT2D eigenvalue weighted by Crippen LogP contribution is 2.26. The van der Waals surface area contributed by atoms with E-state index in [0.29, 0.717) is 34.6 Å². The zero-order valence-corrected chi connectivity index (χ0v) is 13.4. The van der Waals surface area contributed by atoms with Gasteiger partial charge in [0.2, 0.25) is 6.41 Å². The first-order valence-electron chi connectivity index (χ1n) is 7.20. The Morgan fingerprint density at radius 3 is 2.46 bits per heavy atom. The summed E-state index contributed by atoms with van der Waals surface area (Å²) in [5.74, 6) is -0.450. The van der Waals surface area contributed by atoms with E-state index in [0.717, 1.165) is 4.90 Å². The number of hydrogen-bond donors (Lipinski definition) is 3. The molecule has 0 bridgehead atoms. The van der Waals surface area contributed by atoms with Gasteiger partial charge in [-0.15, -0.1) is 0 Å². The summed E-state index contributed by atoms with van der Waals surface area (Å²) < 4.78 is 0. The summed E-state index contributed by atoms with van der Waals surface area (Å²) in [6.45, 7) is 1.73. The van der Waals surface area contributed by atoms with Gasteiger partial charge in [-0.1, -0.05) is 12.1 Å². The van der Waals surface area contributed by atoms with Gasteiger partial charge in [0.15, 0.2) is 0 Å². The lowest BCUT2D eigenvalue weighted by atomic mass is 10.1. The molecular formula is C17H18N4O3. The van der Waals surface area contributed by atoms with Crippen molar-refractivity contribution in [2.45, 2.75) is 6.92 Å². The maximum atomic E-state index is 12.7. The molecule has 0 aliphatic heterocycles. The molecule has 0 heterocycles. The molecule has 0 radical (unpaired) electrons. The zero-order valence-electron chi connectivity index (χ0n) is 13.4. The van der Waals surface area contributed by atoms with Crippen LogP contribution in [0.3, 0.4) is 0 Å². The summed E-state index contributed by atoms with van der Waals surface area (Å²) >= 11 is 0. The van der Waals surface area contributed by atoms with Gasteiger partial charge < -0.3 is 16.4 Å². The Balaban J connectivity index is 2.39. The van der Waals surface area contributed by atoms with Gasteiger partial charge in [-0.2, -0.15) is 0 Å². The third-order valence-corrected chi connectivity index (χ3v) is 3.47. The van der Waals surface area contributed by atoms with E-state index in [1.807, 2.05) is 0 Å². The van der Waals surface area contributed by atoms with E-state index < -0.39 is 11.9 Å². The van der Waals surface area contributed by atoms with Crippen molar-refractivity contribution in [2.75, 3.05) is 22.6 Å². The van der Waals surface area contributed by atoms with Crippen LogP contribution in [0.15, 0.2) is 42.5 Å². The van der Waals surface area contributed by atoms with E-state index in [4.69, 9.17) is 5.73 Å². The largest absolute Gasteiger partial charge is 0.387 e. The highest BCUT2D eigenvalue weighted by Gasteiger charge is 2.21. The molecule has 0 saturated heterocycles. The lowest BCUT2D eigenvalue weighted by molar-refractivity contribution is -0.106. The molecule has 4 N–H and O–H groups in total. The smallest absolute Gasteiger partial charge is 0.316 e. The molecule has 0 aliphatic carbocycles. The Morgan fingerprint density at radius 2 is 1.88 bits per heavy atom. The van der Waals surface area contributed by atoms with Crippen LogP contribution in [-0.2, 0) is 4.79 Å². The number of imide groups is 1. The number of para-hydroxylation sites is 1. The first-order valence-corrected chi connectivity index (χ1v) is 7.20. The number of hydrogen-bond acceptors (Lipinski definition) is 4. The van der Waals surface area contributed by atoms with Gasteiger partial charge in [0.1, 0.15) is 0 Å². The molecule has 0 unspecified atom stereocenters. The first-order chi connectivity index (χ1) is 11.5. The predicted molar refractivity (Wildman–Crippen MR) is 93.2 cm³/mol. The van der Waals surface area contributed by atoms with Crippen LogP contribution in [0.1, 0.15) is 15.9 Å². The second-order valence-corrected chi connectivity index (χ2v) is 5.07. The number of aryl methyl sites for hydroxylation is 1. The number of primary amides is 1. The minimum absolute atomic E-state index is 0.380. The molecule has 2 aromatic carbocycles. The van der Waals surface area contributed by atoms with Gasteiger partial charge in [0.05, 0.1) is 11.3 Å². The Labute approximate surface area is 139 Å². The third kappa shape index (κ3) is 3.52. The quantitative estimate of drug-likeness (QED) is 0.733. The number of nitrogens with one attached hydrogen (secondary N) is 2. The van der Waals surface area contributed by atoms with Crippen LogP contribution in [0, 0.1) is 6.92 Å². The van der Waals surface area contributed by atoms with Gasteiger partial charge in [-0.25, -0.2) is 9.69 Å². The van der Waals surface area contributed by atoms with Crippen LogP contribution in [0.2, 0.25) is 0 Å². The molecular weight excluding hydrogens is 308 g/mol. The van der Waals surface area contributed by atoms with Crippen molar-refractivity contribution >= 4 is 35.4 Å². The van der Waals surface area contributed by atoms with Crippen LogP contribution >= 0.6 is 0 Å². The Morgan fingerprint density at radius 1 is 1.17 bits per heavy atom. The van der Waals surface area contributed by atoms with E-state index in [1.165, 1.54) is 0 Å². The maximum absolute atomic E-state index is 12.7. The number of nitrogens with two attached hydrogens (primary N) is 1. The molecule has 0 saturated carbocycles. The fourth-order valence-electron chi connectivity index (χ4n) is 2.38. The second kappa shape index (κ2) is 7.28. The molecule has 2 rings (SSSR count). The average molecular weight is 326 g/mol. The van der Waals surface area contributed by atoms with E-state index in [-0.39, 0.29) is 0 Å². The van der Waals surface area contributed by atoms with Crippen molar-refractivity contribution in [3.8, 4) is 0 Å². The van der Waals surface area contributed by atoms with Gasteiger partial charge in [-0.05, 0) is 42.8 Å². The average Bonchev–Trinajstić information content (AvgIpc) is 2.56. The van der Waals surface area contributed by atoms with Crippen LogP contribution in [0.25, 0.3) is 0 Å². The minimum Gasteiger partial charge on any atom is -0.387 e. The SMILES string of the molecule is CNc1ccccc1C(=O)N(C=O)c1ccc(NC(N)=O)cc1C. The molecule has 2 aromatic rings. The highest BCUT2D eigenvalue weighted by molar-refractivity contribution is 6.18. The van der Waals surface area contributed by atoms with Crippen molar-refractivity contribution in [1.29, 1.82) is 0 Å². The number of amides is 4. The lowest BCUT2D eigenvalue weighted by Crippen LogP contribution is -2.30. The van der Waals surface area contributed by atoms with Crippen molar-refractivity contribution in [3.63, 3.8) is 0 Å². The van der Waals surface area contributed by atoms with Crippen molar-refractivity contribution in [3.05, 3.63) is 53.6 Å². The summed E-state index contributed by atoms with van der Waals surface area (Å²) in [5, 5.41) is 5.37. The van der Waals surface area contributed by atoms with Crippen molar-refractivity contribution in [1.82, 2.24) is 0 Å². The van der Waals surface area contributed by atoms with Crippen LogP contribution in [0.4, 0.5) is 21.9 Å². The predicted octanol–water partition coefficient (Wildman–Crippen LogP) is 2.33. The maximum Gasteiger partial charge on any atom is 0.316 e. The van der Waals surface area contributed by atoms with Crippen molar-refractivity contribution in [2.24, 2.45) is 5.73 Å². The van der Waals surface area contributed by atoms with Crippen LogP contribution in [-0.4, -0.2) is 25.4 Å². The molecule has 0 spiro atoms. The molecule has 0 aromatic heterocycles. The number of carbonyl (C=O) groups excluding carboxylic acids is 3. The van der Waals surface area contributed by atoms with E-state index in [1.54, 1.807) is 56.4 Å². The second-order valence-electron chi connectivity index (χ2n) is 5.07. The van der Waals surface area contributed by atoms with E-state index in [2.05, 4.69) is 10.6 Å². The summed E-state index contributed by atoms with van der Waals surface area (Å²) in [6, 6.07) is 11.0. The van der Waals surface area contributed by atoms with Gasteiger partial charge >= 0.3 is 6.03 Å². The standard InChI is InChI=1S/C17H18N4O3/c1-11-9-12(20-17(18)24)7-8-15(11)21(10-22)16(23)13-5-3-4-6-14(13)19-2/h3-10,19H,1-2H3,(H3,18,20,24). The molecule has 4 amide bonds. The third-order valence-electron chi connectivity index (χ3n) is 3.47. The van der Waals surface area contributed by atoms with Crippen LogP contribution < -0.4 is 21.3 Å². The summed E-state index contributed by atoms with van der Waals surface area (Å²) in [6.07, 6.45) is 0.471. The lowest BCUT2D eigenvalue weighted by Gasteiger charge is -2.20. The molecule has 24 heavy (non-hydrogen) atoms. The topological polar surface area (TPSA) is 105 Å². The molecule has 124 valence electrons. The van der Waals surface area contributed by atoms with Gasteiger partial charge in [0.25, 0.3) is 5.91 Å². The number of urea groups is 1. The first kappa shape index (κ1) is 17.0. The number of benzene rings is 2. The normalized spacial score (nSPS) is 9.92. The molecule has 7 nitrogen and oxygen atoms in total. The van der Waals surface area contributed by atoms with E-state index in [9.17, 15) is 14.4 Å². The minimum atomic E-state index is -0.687. The summed E-state index contributed by atoms with van der Waals surface area (Å²) in [7, 11) is 1.70. The van der Waals surface area contributed by atoms with Gasteiger partial charge in [0, 0.05) is 18.4 Å². The molecule has 7 heteroatoms. The highest BCUT2D eigenvalue weighted by atomic mass is 16.2. The van der Waals surface area contributed by atoms with E-state index >= 15 is 0 Å². The number of carbonyl (C=O) groups is 3. The van der Waals surface area contributed by atoms with Crippen LogP contribution in [0.5, 0.6) is 0 Å². The number of rotatable bonds is 5. The monoisotopic (exact) mass is 326 g/mol. The Kier molecular flexibility index (Phi) is 5.16. The summed E-state index contributed by atoms with van der Waals surface area (Å²) in [5.41, 5.74) is 7.63. The molecule has 0 aliphatic rings. The van der Waals surface area contributed by atoms with Gasteiger partial charge in [-0.3, -0.25) is 9.59 Å². The Hall–Kier alpha value is -3.35. The zero-order chi connectivity index (χ0) is 17.7. The Bertz CT molecular complexity index is 789. The fourth-order valence-corrected chi connectivity index (χ4v) is 2.38. The number of anilines is 3. The molecule has 0 atom stereocenters. The molecule has 0 fully saturated rings. The summed E-state index contributed by atoms with van der Waals surface area (Å²) in [4.78, 5) is 36.2. The fraction of sp³-hybridized carbons (Fsp3) is 0.118. The van der Waals surface area contributed by atoms with Crippen molar-refractivity contribution < 1.29 is 14.4 Å². The number of nitrogens with zero attached hydrogens (tertiary/aromatic N) is 1.